The Bertz CT molecular complexity index is 401. The van der Waals surface area contributed by atoms with E-state index in [1.165, 1.54) is 0 Å². The molecule has 0 saturated heterocycles. The normalized spacial score (nSPS) is 10.5. The molecule has 1 aromatic rings. The highest BCUT2D eigenvalue weighted by atomic mass is 35.5. The molecule has 0 radical (unpaired) electrons. The van der Waals surface area contributed by atoms with Crippen LogP contribution in [0.4, 0.5) is 8.78 Å². The first-order chi connectivity index (χ1) is 7.95. The quantitative estimate of drug-likeness (QED) is 0.790. The first-order valence-corrected chi connectivity index (χ1v) is 5.32. The van der Waals surface area contributed by atoms with Crippen LogP contribution >= 0.6 is 23.2 Å². The van der Waals surface area contributed by atoms with E-state index in [-0.39, 0.29) is 28.0 Å². The van der Waals surface area contributed by atoms with Gasteiger partial charge in [0, 0.05) is 0 Å². The molecule has 0 unspecified atom stereocenters. The molecule has 0 bridgehead atoms. The van der Waals surface area contributed by atoms with Crippen molar-refractivity contribution in [3.8, 4) is 5.75 Å². The van der Waals surface area contributed by atoms with Gasteiger partial charge in [0.2, 0.25) is 0 Å². The summed E-state index contributed by atoms with van der Waals surface area (Å²) in [6.07, 6.45) is 0. The Kier molecular flexibility index (Phi) is 4.96. The SMILES string of the molecule is CCOC(=O)c1c(Cl)cc(OC(F)F)cc1Cl. The first kappa shape index (κ1) is 14.0. The molecule has 0 N–H and O–H groups in total. The van der Waals surface area contributed by atoms with Gasteiger partial charge in [-0.15, -0.1) is 0 Å². The molecule has 0 aliphatic carbocycles. The highest BCUT2D eigenvalue weighted by molar-refractivity contribution is 6.39. The highest BCUT2D eigenvalue weighted by Crippen LogP contribution is 2.31. The van der Waals surface area contributed by atoms with Crippen molar-refractivity contribution >= 4 is 29.2 Å². The minimum atomic E-state index is -2.99. The molecule has 0 saturated carbocycles. The number of halogens is 4. The van der Waals surface area contributed by atoms with Gasteiger partial charge in [-0.05, 0) is 19.1 Å². The van der Waals surface area contributed by atoms with E-state index in [9.17, 15) is 13.6 Å². The second kappa shape index (κ2) is 6.02. The fourth-order valence-electron chi connectivity index (χ4n) is 1.12. The summed E-state index contributed by atoms with van der Waals surface area (Å²) < 4.78 is 32.8. The Balaban J connectivity index is 3.06. The molecule has 1 rings (SSSR count). The number of hydrogen-bond acceptors (Lipinski definition) is 3. The maximum absolute atomic E-state index is 12.0. The summed E-state index contributed by atoms with van der Waals surface area (Å²) in [6, 6.07) is 2.15. The van der Waals surface area contributed by atoms with Crippen molar-refractivity contribution in [2.24, 2.45) is 0 Å². The lowest BCUT2D eigenvalue weighted by molar-refractivity contribution is -0.0498. The number of alkyl halides is 2. The molecule has 0 aromatic heterocycles. The largest absolute Gasteiger partial charge is 0.462 e. The van der Waals surface area contributed by atoms with Crippen LogP contribution in [-0.4, -0.2) is 19.2 Å². The zero-order chi connectivity index (χ0) is 13.0. The molecule has 0 spiro atoms. The van der Waals surface area contributed by atoms with Crippen molar-refractivity contribution < 1.29 is 23.0 Å². The standard InChI is InChI=1S/C10H8Cl2F2O3/c1-2-16-9(15)8-6(11)3-5(4-7(8)12)17-10(13)14/h3-4,10H,2H2,1H3. The van der Waals surface area contributed by atoms with Gasteiger partial charge in [0.25, 0.3) is 0 Å². The van der Waals surface area contributed by atoms with Crippen LogP contribution in [0.2, 0.25) is 10.0 Å². The van der Waals surface area contributed by atoms with Crippen LogP contribution in [-0.2, 0) is 4.74 Å². The van der Waals surface area contributed by atoms with Gasteiger partial charge in [0.15, 0.2) is 0 Å². The molecular formula is C10H8Cl2F2O3. The monoisotopic (exact) mass is 284 g/mol. The fraction of sp³-hybridized carbons (Fsp3) is 0.300. The van der Waals surface area contributed by atoms with Gasteiger partial charge in [0.1, 0.15) is 5.75 Å². The maximum Gasteiger partial charge on any atom is 0.387 e. The predicted molar refractivity (Wildman–Crippen MR) is 59.1 cm³/mol. The number of carbonyl (C=O) groups is 1. The van der Waals surface area contributed by atoms with Crippen molar-refractivity contribution in [2.45, 2.75) is 13.5 Å². The Labute approximate surface area is 106 Å². The third kappa shape index (κ3) is 3.71. The van der Waals surface area contributed by atoms with Crippen molar-refractivity contribution in [1.82, 2.24) is 0 Å². The van der Waals surface area contributed by atoms with E-state index in [1.807, 2.05) is 0 Å². The van der Waals surface area contributed by atoms with Crippen LogP contribution in [0.5, 0.6) is 5.75 Å². The molecular weight excluding hydrogens is 277 g/mol. The summed E-state index contributed by atoms with van der Waals surface area (Å²) in [7, 11) is 0. The molecule has 0 fully saturated rings. The number of benzene rings is 1. The molecule has 0 aliphatic heterocycles. The van der Waals surface area contributed by atoms with E-state index < -0.39 is 12.6 Å². The molecule has 0 atom stereocenters. The van der Waals surface area contributed by atoms with E-state index in [0.29, 0.717) is 0 Å². The Morgan fingerprint density at radius 2 is 1.88 bits per heavy atom. The third-order valence-electron chi connectivity index (χ3n) is 1.72. The second-order valence-corrected chi connectivity index (χ2v) is 3.68. The maximum atomic E-state index is 12.0. The molecule has 0 amide bonds. The summed E-state index contributed by atoms with van der Waals surface area (Å²) in [5.74, 6) is -0.936. The van der Waals surface area contributed by atoms with Crippen LogP contribution in [0, 0.1) is 0 Å². The zero-order valence-electron chi connectivity index (χ0n) is 8.68. The van der Waals surface area contributed by atoms with Gasteiger partial charge in [-0.1, -0.05) is 23.2 Å². The topological polar surface area (TPSA) is 35.5 Å². The number of ether oxygens (including phenoxy) is 2. The molecule has 0 aliphatic rings. The van der Waals surface area contributed by atoms with E-state index in [2.05, 4.69) is 4.74 Å². The zero-order valence-corrected chi connectivity index (χ0v) is 10.2. The highest BCUT2D eigenvalue weighted by Gasteiger charge is 2.18. The van der Waals surface area contributed by atoms with Crippen molar-refractivity contribution in [3.05, 3.63) is 27.7 Å². The average molecular weight is 285 g/mol. The van der Waals surface area contributed by atoms with E-state index in [0.717, 1.165) is 12.1 Å². The van der Waals surface area contributed by atoms with Crippen LogP contribution in [0.25, 0.3) is 0 Å². The van der Waals surface area contributed by atoms with Crippen LogP contribution in [0.3, 0.4) is 0 Å². The molecule has 0 heterocycles. The van der Waals surface area contributed by atoms with Gasteiger partial charge >= 0.3 is 12.6 Å². The lowest BCUT2D eigenvalue weighted by Crippen LogP contribution is -2.07. The lowest BCUT2D eigenvalue weighted by Gasteiger charge is -2.09. The van der Waals surface area contributed by atoms with Crippen LogP contribution in [0.15, 0.2) is 12.1 Å². The molecule has 3 nitrogen and oxygen atoms in total. The summed E-state index contributed by atoms with van der Waals surface area (Å²) in [4.78, 5) is 11.4. The molecule has 7 heteroatoms. The van der Waals surface area contributed by atoms with Gasteiger partial charge in [-0.2, -0.15) is 8.78 Å². The summed E-state index contributed by atoms with van der Waals surface area (Å²) in [6.45, 7) is -1.22. The number of esters is 1. The summed E-state index contributed by atoms with van der Waals surface area (Å²) >= 11 is 11.5. The Morgan fingerprint density at radius 3 is 2.29 bits per heavy atom. The van der Waals surface area contributed by atoms with Crippen LogP contribution < -0.4 is 4.74 Å². The number of rotatable bonds is 4. The van der Waals surface area contributed by atoms with Crippen LogP contribution in [0.1, 0.15) is 17.3 Å². The second-order valence-electron chi connectivity index (χ2n) is 2.86. The summed E-state index contributed by atoms with van der Waals surface area (Å²) in [5.41, 5.74) is -0.0724. The third-order valence-corrected chi connectivity index (χ3v) is 2.32. The smallest absolute Gasteiger partial charge is 0.387 e. The van der Waals surface area contributed by atoms with Crippen molar-refractivity contribution in [2.75, 3.05) is 6.61 Å². The number of carbonyl (C=O) groups excluding carboxylic acids is 1. The van der Waals surface area contributed by atoms with E-state index in [4.69, 9.17) is 27.9 Å². The predicted octanol–water partition coefficient (Wildman–Crippen LogP) is 3.77. The Hall–Kier alpha value is -1.07. The van der Waals surface area contributed by atoms with Gasteiger partial charge in [-0.3, -0.25) is 0 Å². The van der Waals surface area contributed by atoms with E-state index >= 15 is 0 Å². The number of hydrogen-bond donors (Lipinski definition) is 0. The minimum absolute atomic E-state index is 0.0724. The first-order valence-electron chi connectivity index (χ1n) is 4.56. The van der Waals surface area contributed by atoms with Gasteiger partial charge in [0.05, 0.1) is 22.2 Å². The molecule has 17 heavy (non-hydrogen) atoms. The van der Waals surface area contributed by atoms with E-state index in [1.54, 1.807) is 6.92 Å². The summed E-state index contributed by atoms with van der Waals surface area (Å²) in [5, 5.41) is -0.210. The lowest BCUT2D eigenvalue weighted by atomic mass is 10.2. The molecule has 1 aromatic carbocycles. The molecule has 94 valence electrons. The van der Waals surface area contributed by atoms with Crippen molar-refractivity contribution in [3.63, 3.8) is 0 Å². The van der Waals surface area contributed by atoms with Gasteiger partial charge in [-0.25, -0.2) is 4.79 Å². The fourth-order valence-corrected chi connectivity index (χ4v) is 1.74. The minimum Gasteiger partial charge on any atom is -0.462 e. The van der Waals surface area contributed by atoms with Crippen molar-refractivity contribution in [1.29, 1.82) is 0 Å². The van der Waals surface area contributed by atoms with Gasteiger partial charge < -0.3 is 9.47 Å². The average Bonchev–Trinajstić information content (AvgIpc) is 2.15. The Morgan fingerprint density at radius 1 is 1.35 bits per heavy atom.